The predicted molar refractivity (Wildman–Crippen MR) is 46.6 cm³/mol. The van der Waals surface area contributed by atoms with Crippen LogP contribution in [0.15, 0.2) is 15.8 Å². The molecule has 1 N–H and O–H groups in total. The van der Waals surface area contributed by atoms with Crippen LogP contribution in [0.2, 0.25) is 0 Å². The van der Waals surface area contributed by atoms with Crippen LogP contribution in [0.3, 0.4) is 0 Å². The van der Waals surface area contributed by atoms with Crippen LogP contribution in [0.25, 0.3) is 11.0 Å². The number of nitrogens with zero attached hydrogens (tertiary/aromatic N) is 3. The molecular formula is C7H8N4O2. The van der Waals surface area contributed by atoms with Gasteiger partial charge in [0.15, 0.2) is 0 Å². The Labute approximate surface area is 72.4 Å². The molecule has 0 aromatic carbocycles. The van der Waals surface area contributed by atoms with Crippen molar-refractivity contribution in [1.29, 1.82) is 0 Å². The molecule has 2 heterocycles. The van der Waals surface area contributed by atoms with Gasteiger partial charge in [-0.1, -0.05) is 0 Å². The molecule has 2 aromatic rings. The van der Waals surface area contributed by atoms with Crippen molar-refractivity contribution in [1.82, 2.24) is 19.3 Å². The van der Waals surface area contributed by atoms with Crippen molar-refractivity contribution < 1.29 is 0 Å². The maximum atomic E-state index is 11.4. The summed E-state index contributed by atoms with van der Waals surface area (Å²) in [6, 6.07) is 0. The molecule has 0 saturated carbocycles. The van der Waals surface area contributed by atoms with Crippen LogP contribution in [0.4, 0.5) is 0 Å². The lowest BCUT2D eigenvalue weighted by Crippen LogP contribution is -2.36. The van der Waals surface area contributed by atoms with Crippen molar-refractivity contribution in [3.05, 3.63) is 27.0 Å². The van der Waals surface area contributed by atoms with E-state index >= 15 is 0 Å². The van der Waals surface area contributed by atoms with Gasteiger partial charge < -0.3 is 0 Å². The lowest BCUT2D eigenvalue weighted by molar-refractivity contribution is 0.713. The van der Waals surface area contributed by atoms with E-state index < -0.39 is 0 Å². The first kappa shape index (κ1) is 7.78. The summed E-state index contributed by atoms with van der Waals surface area (Å²) >= 11 is 0. The summed E-state index contributed by atoms with van der Waals surface area (Å²) in [5.74, 6) is 0. The van der Waals surface area contributed by atoms with E-state index in [1.165, 1.54) is 17.8 Å². The first-order valence-corrected chi connectivity index (χ1v) is 3.72. The van der Waals surface area contributed by atoms with Crippen LogP contribution < -0.4 is 11.2 Å². The van der Waals surface area contributed by atoms with Gasteiger partial charge in [0.25, 0.3) is 5.56 Å². The van der Waals surface area contributed by atoms with Gasteiger partial charge in [0.1, 0.15) is 5.52 Å². The smallest absolute Gasteiger partial charge is 0.293 e. The van der Waals surface area contributed by atoms with E-state index in [1.807, 2.05) is 0 Å². The third-order valence-electron chi connectivity index (χ3n) is 2.07. The fraction of sp³-hybridized carbons (Fsp3) is 0.286. The first-order chi connectivity index (χ1) is 6.13. The standard InChI is InChI=1S/C7H8N4O2/c1-10-4-3-8-9-5(4)6(12)11(2)7(10)13/h3H,1-2H3,(H,8,9). The molecule has 0 atom stereocenters. The van der Waals surface area contributed by atoms with Gasteiger partial charge in [-0.25, -0.2) is 4.79 Å². The Kier molecular flexibility index (Phi) is 1.39. The Morgan fingerprint density at radius 1 is 1.31 bits per heavy atom. The predicted octanol–water partition coefficient (Wildman–Crippen LogP) is -1.04. The largest absolute Gasteiger partial charge is 0.331 e. The van der Waals surface area contributed by atoms with Crippen LogP contribution in [-0.4, -0.2) is 19.3 Å². The molecule has 2 rings (SSSR count). The normalized spacial score (nSPS) is 10.9. The fourth-order valence-electron chi connectivity index (χ4n) is 1.27. The van der Waals surface area contributed by atoms with Crippen LogP contribution in [0, 0.1) is 0 Å². The SMILES string of the molecule is Cn1c(=O)c2[nH]ncc2n(C)c1=O. The number of rotatable bonds is 0. The first-order valence-electron chi connectivity index (χ1n) is 3.72. The van der Waals surface area contributed by atoms with Crippen molar-refractivity contribution in [3.8, 4) is 0 Å². The molecule has 0 aliphatic heterocycles. The zero-order chi connectivity index (χ0) is 9.59. The highest BCUT2D eigenvalue weighted by Crippen LogP contribution is 1.99. The van der Waals surface area contributed by atoms with Crippen molar-refractivity contribution in [2.24, 2.45) is 14.1 Å². The van der Waals surface area contributed by atoms with E-state index in [-0.39, 0.29) is 11.2 Å². The second kappa shape index (κ2) is 2.32. The summed E-state index contributed by atoms with van der Waals surface area (Å²) in [7, 11) is 3.03. The van der Waals surface area contributed by atoms with E-state index in [9.17, 15) is 9.59 Å². The van der Waals surface area contributed by atoms with E-state index in [0.717, 1.165) is 4.57 Å². The third kappa shape index (κ3) is 0.851. The molecule has 0 bridgehead atoms. The third-order valence-corrected chi connectivity index (χ3v) is 2.07. The quantitative estimate of drug-likeness (QED) is 0.562. The summed E-state index contributed by atoms with van der Waals surface area (Å²) in [5, 5.41) is 6.26. The highest BCUT2D eigenvalue weighted by molar-refractivity contribution is 5.72. The summed E-state index contributed by atoms with van der Waals surface area (Å²) < 4.78 is 2.42. The van der Waals surface area contributed by atoms with Crippen LogP contribution >= 0.6 is 0 Å². The molecule has 13 heavy (non-hydrogen) atoms. The molecule has 2 aromatic heterocycles. The maximum Gasteiger partial charge on any atom is 0.331 e. The lowest BCUT2D eigenvalue weighted by Gasteiger charge is -2.01. The van der Waals surface area contributed by atoms with Crippen LogP contribution in [0.5, 0.6) is 0 Å². The zero-order valence-electron chi connectivity index (χ0n) is 7.24. The summed E-state index contributed by atoms with van der Waals surface area (Å²) in [6.07, 6.45) is 1.46. The van der Waals surface area contributed by atoms with E-state index in [1.54, 1.807) is 7.05 Å². The molecule has 0 amide bonds. The van der Waals surface area contributed by atoms with E-state index in [4.69, 9.17) is 0 Å². The van der Waals surface area contributed by atoms with Crippen molar-refractivity contribution in [2.75, 3.05) is 0 Å². The topological polar surface area (TPSA) is 72.7 Å². The molecule has 0 saturated heterocycles. The van der Waals surface area contributed by atoms with Crippen LogP contribution in [-0.2, 0) is 14.1 Å². The highest BCUT2D eigenvalue weighted by atomic mass is 16.2. The molecule has 6 heteroatoms. The fourth-order valence-corrected chi connectivity index (χ4v) is 1.27. The Balaban J connectivity index is 3.21. The molecule has 0 aliphatic rings. The minimum Gasteiger partial charge on any atom is -0.293 e. The molecule has 0 spiro atoms. The minimum absolute atomic E-state index is 0.348. The number of aromatic nitrogens is 4. The van der Waals surface area contributed by atoms with Gasteiger partial charge >= 0.3 is 5.69 Å². The molecule has 0 aliphatic carbocycles. The van der Waals surface area contributed by atoms with Gasteiger partial charge in [0.05, 0.1) is 11.7 Å². The molecule has 0 fully saturated rings. The van der Waals surface area contributed by atoms with Gasteiger partial charge in [-0.05, 0) is 0 Å². The van der Waals surface area contributed by atoms with E-state index in [0.29, 0.717) is 11.0 Å². The Morgan fingerprint density at radius 2 is 2.00 bits per heavy atom. The highest BCUT2D eigenvalue weighted by Gasteiger charge is 2.08. The number of nitrogens with one attached hydrogen (secondary N) is 1. The second-order valence-electron chi connectivity index (χ2n) is 2.84. The number of hydrogen-bond donors (Lipinski definition) is 1. The summed E-state index contributed by atoms with van der Waals surface area (Å²) in [6.45, 7) is 0. The average Bonchev–Trinajstić information content (AvgIpc) is 2.59. The van der Waals surface area contributed by atoms with Crippen LogP contribution in [0.1, 0.15) is 0 Å². The molecule has 68 valence electrons. The Hall–Kier alpha value is -1.85. The molecule has 0 radical (unpaired) electrons. The van der Waals surface area contributed by atoms with E-state index in [2.05, 4.69) is 10.2 Å². The Morgan fingerprint density at radius 3 is 2.69 bits per heavy atom. The summed E-state index contributed by atoms with van der Waals surface area (Å²) in [4.78, 5) is 22.8. The van der Waals surface area contributed by atoms with Crippen molar-refractivity contribution in [3.63, 3.8) is 0 Å². The molecular weight excluding hydrogens is 172 g/mol. The maximum absolute atomic E-state index is 11.4. The summed E-state index contributed by atoms with van der Waals surface area (Å²) in [5.41, 5.74) is 0.173. The zero-order valence-corrected chi connectivity index (χ0v) is 7.24. The lowest BCUT2D eigenvalue weighted by atomic mass is 10.4. The average molecular weight is 180 g/mol. The number of H-pyrrole nitrogens is 1. The van der Waals surface area contributed by atoms with Gasteiger partial charge in [0, 0.05) is 14.1 Å². The van der Waals surface area contributed by atoms with Gasteiger partial charge in [0.2, 0.25) is 0 Å². The monoisotopic (exact) mass is 180 g/mol. The van der Waals surface area contributed by atoms with Gasteiger partial charge in [-0.2, -0.15) is 5.10 Å². The van der Waals surface area contributed by atoms with Gasteiger partial charge in [-0.15, -0.1) is 0 Å². The number of hydrogen-bond acceptors (Lipinski definition) is 3. The van der Waals surface area contributed by atoms with Crippen molar-refractivity contribution >= 4 is 11.0 Å². The number of aryl methyl sites for hydroxylation is 1. The minimum atomic E-state index is -0.351. The number of fused-ring (bicyclic) bond motifs is 1. The second-order valence-corrected chi connectivity index (χ2v) is 2.84. The number of aromatic amines is 1. The molecule has 6 nitrogen and oxygen atoms in total. The Bertz CT molecular complexity index is 574. The van der Waals surface area contributed by atoms with Gasteiger partial charge in [-0.3, -0.25) is 19.0 Å². The van der Waals surface area contributed by atoms with Crippen molar-refractivity contribution in [2.45, 2.75) is 0 Å². The molecule has 0 unspecified atom stereocenters.